The topological polar surface area (TPSA) is 105 Å². The molecule has 0 saturated carbocycles. The van der Waals surface area contributed by atoms with Gasteiger partial charge in [-0.1, -0.05) is 6.92 Å². The van der Waals surface area contributed by atoms with Gasteiger partial charge in [0, 0.05) is 25.2 Å². The van der Waals surface area contributed by atoms with E-state index >= 15 is 0 Å². The van der Waals surface area contributed by atoms with Gasteiger partial charge in [0.25, 0.3) is 5.69 Å². The predicted octanol–water partition coefficient (Wildman–Crippen LogP) is 1.29. The predicted molar refractivity (Wildman–Crippen MR) is 83.3 cm³/mol. The quantitative estimate of drug-likeness (QED) is 0.623. The molecule has 1 aromatic heterocycles. The first-order chi connectivity index (χ1) is 10.4. The van der Waals surface area contributed by atoms with Crippen LogP contribution >= 0.6 is 0 Å². The fraction of sp³-hybridized carbons (Fsp3) is 0.615. The summed E-state index contributed by atoms with van der Waals surface area (Å²) in [7, 11) is -3.19. The average molecular weight is 328 g/mol. The fourth-order valence-electron chi connectivity index (χ4n) is 2.48. The number of pyridine rings is 1. The zero-order valence-electron chi connectivity index (χ0n) is 12.4. The Hall–Kier alpha value is -1.74. The number of aromatic nitrogens is 1. The van der Waals surface area contributed by atoms with Crippen molar-refractivity contribution in [3.63, 3.8) is 0 Å². The SMILES string of the molecule is CCCS(=O)(=O)NC1CCN(c2ccc([N+](=O)[O-])cn2)CC1. The van der Waals surface area contributed by atoms with Crippen LogP contribution < -0.4 is 9.62 Å². The highest BCUT2D eigenvalue weighted by Gasteiger charge is 2.24. The van der Waals surface area contributed by atoms with Crippen LogP contribution in [0.3, 0.4) is 0 Å². The van der Waals surface area contributed by atoms with Crippen LogP contribution in [0.25, 0.3) is 0 Å². The summed E-state index contributed by atoms with van der Waals surface area (Å²) in [6, 6.07) is 3.00. The lowest BCUT2D eigenvalue weighted by atomic mass is 10.1. The molecule has 8 nitrogen and oxygen atoms in total. The number of rotatable bonds is 6. The van der Waals surface area contributed by atoms with Gasteiger partial charge in [-0.05, 0) is 25.3 Å². The third-order valence-electron chi connectivity index (χ3n) is 3.58. The molecular weight excluding hydrogens is 308 g/mol. The van der Waals surface area contributed by atoms with Crippen molar-refractivity contribution in [3.05, 3.63) is 28.4 Å². The van der Waals surface area contributed by atoms with Crippen molar-refractivity contribution in [1.82, 2.24) is 9.71 Å². The molecule has 2 heterocycles. The molecule has 22 heavy (non-hydrogen) atoms. The monoisotopic (exact) mass is 328 g/mol. The van der Waals surface area contributed by atoms with E-state index in [-0.39, 0.29) is 17.5 Å². The van der Waals surface area contributed by atoms with Crippen LogP contribution in [0.1, 0.15) is 26.2 Å². The van der Waals surface area contributed by atoms with E-state index in [0.717, 1.165) is 0 Å². The largest absolute Gasteiger partial charge is 0.356 e. The molecule has 1 aromatic rings. The summed E-state index contributed by atoms with van der Waals surface area (Å²) in [6.45, 7) is 3.18. The van der Waals surface area contributed by atoms with Crippen molar-refractivity contribution in [1.29, 1.82) is 0 Å². The number of nitrogens with zero attached hydrogens (tertiary/aromatic N) is 3. The number of nitro groups is 1. The van der Waals surface area contributed by atoms with Crippen molar-refractivity contribution in [3.8, 4) is 0 Å². The van der Waals surface area contributed by atoms with Crippen LogP contribution in [0, 0.1) is 10.1 Å². The van der Waals surface area contributed by atoms with Crippen LogP contribution in [0.5, 0.6) is 0 Å². The van der Waals surface area contributed by atoms with Gasteiger partial charge < -0.3 is 4.90 Å². The van der Waals surface area contributed by atoms with Gasteiger partial charge in [-0.15, -0.1) is 0 Å². The fourth-order valence-corrected chi connectivity index (χ4v) is 3.88. The first-order valence-corrected chi connectivity index (χ1v) is 8.92. The lowest BCUT2D eigenvalue weighted by Crippen LogP contribution is -2.45. The summed E-state index contributed by atoms with van der Waals surface area (Å²) in [6.07, 6.45) is 3.23. The van der Waals surface area contributed by atoms with Crippen molar-refractivity contribution >= 4 is 21.5 Å². The van der Waals surface area contributed by atoms with Crippen molar-refractivity contribution in [2.24, 2.45) is 0 Å². The minimum atomic E-state index is -3.19. The summed E-state index contributed by atoms with van der Waals surface area (Å²) in [5.41, 5.74) is -0.0361. The van der Waals surface area contributed by atoms with Crippen LogP contribution in [-0.4, -0.2) is 43.2 Å². The molecule has 1 saturated heterocycles. The van der Waals surface area contributed by atoms with Gasteiger partial charge in [0.2, 0.25) is 10.0 Å². The highest BCUT2D eigenvalue weighted by atomic mass is 32.2. The Morgan fingerprint density at radius 1 is 1.41 bits per heavy atom. The number of nitrogens with one attached hydrogen (secondary N) is 1. The number of anilines is 1. The number of hydrogen-bond donors (Lipinski definition) is 1. The second-order valence-corrected chi connectivity index (χ2v) is 7.20. The Bertz CT molecular complexity index is 609. The van der Waals surface area contributed by atoms with E-state index in [1.807, 2.05) is 11.8 Å². The minimum absolute atomic E-state index is 0.0361. The summed E-state index contributed by atoms with van der Waals surface area (Å²) >= 11 is 0. The first-order valence-electron chi connectivity index (χ1n) is 7.26. The van der Waals surface area contributed by atoms with Gasteiger partial charge in [0.15, 0.2) is 0 Å². The molecule has 0 unspecified atom stereocenters. The molecule has 1 aliphatic rings. The Kier molecular flexibility index (Phi) is 5.30. The van der Waals surface area contributed by atoms with Crippen LogP contribution in [0.4, 0.5) is 11.5 Å². The highest BCUT2D eigenvalue weighted by molar-refractivity contribution is 7.89. The van der Waals surface area contributed by atoms with E-state index < -0.39 is 14.9 Å². The third-order valence-corrected chi connectivity index (χ3v) is 5.22. The maximum Gasteiger partial charge on any atom is 0.287 e. The summed E-state index contributed by atoms with van der Waals surface area (Å²) in [4.78, 5) is 16.2. The van der Waals surface area contributed by atoms with Crippen molar-refractivity contribution in [2.75, 3.05) is 23.7 Å². The summed E-state index contributed by atoms with van der Waals surface area (Å²) < 4.78 is 26.2. The maximum absolute atomic E-state index is 11.8. The molecule has 122 valence electrons. The standard InChI is InChI=1S/C13H20N4O4S/c1-2-9-22(20,21)15-11-5-7-16(8-6-11)13-4-3-12(10-14-13)17(18)19/h3-4,10-11,15H,2,5-9H2,1H3. The Morgan fingerprint density at radius 3 is 2.59 bits per heavy atom. The molecule has 1 fully saturated rings. The summed E-state index contributed by atoms with van der Waals surface area (Å²) in [5.74, 6) is 0.831. The van der Waals surface area contributed by atoms with Crippen molar-refractivity contribution < 1.29 is 13.3 Å². The molecule has 1 aliphatic heterocycles. The molecule has 0 atom stereocenters. The van der Waals surface area contributed by atoms with Gasteiger partial charge in [0.05, 0.1) is 10.7 Å². The highest BCUT2D eigenvalue weighted by Crippen LogP contribution is 2.20. The molecule has 1 N–H and O–H groups in total. The van der Waals surface area contributed by atoms with E-state index in [1.165, 1.54) is 12.3 Å². The van der Waals surface area contributed by atoms with Gasteiger partial charge in [-0.3, -0.25) is 10.1 Å². The number of sulfonamides is 1. The molecule has 2 rings (SSSR count). The average Bonchev–Trinajstić information content (AvgIpc) is 2.47. The molecule has 0 bridgehead atoms. The third kappa shape index (κ3) is 4.38. The number of hydrogen-bond acceptors (Lipinski definition) is 6. The molecule has 0 aliphatic carbocycles. The first kappa shape index (κ1) is 16.6. The molecule has 0 amide bonds. The van der Waals surface area contributed by atoms with Gasteiger partial charge in [-0.25, -0.2) is 18.1 Å². The Labute approximate surface area is 129 Å². The van der Waals surface area contributed by atoms with E-state index in [4.69, 9.17) is 0 Å². The Morgan fingerprint density at radius 2 is 2.09 bits per heavy atom. The lowest BCUT2D eigenvalue weighted by Gasteiger charge is -2.32. The minimum Gasteiger partial charge on any atom is -0.356 e. The Balaban J connectivity index is 1.90. The zero-order chi connectivity index (χ0) is 16.2. The molecule has 0 spiro atoms. The summed E-state index contributed by atoms with van der Waals surface area (Å²) in [5, 5.41) is 10.6. The number of piperidine rings is 1. The molecule has 0 radical (unpaired) electrons. The van der Waals surface area contributed by atoms with Gasteiger partial charge in [-0.2, -0.15) is 0 Å². The van der Waals surface area contributed by atoms with E-state index in [0.29, 0.717) is 38.2 Å². The second-order valence-electron chi connectivity index (χ2n) is 5.33. The lowest BCUT2D eigenvalue weighted by molar-refractivity contribution is -0.385. The molecular formula is C13H20N4O4S. The van der Waals surface area contributed by atoms with Crippen LogP contribution in [0.2, 0.25) is 0 Å². The molecule has 9 heteroatoms. The smallest absolute Gasteiger partial charge is 0.287 e. The van der Waals surface area contributed by atoms with Gasteiger partial charge in [0.1, 0.15) is 12.0 Å². The van der Waals surface area contributed by atoms with E-state index in [2.05, 4.69) is 9.71 Å². The van der Waals surface area contributed by atoms with E-state index in [9.17, 15) is 18.5 Å². The van der Waals surface area contributed by atoms with Crippen LogP contribution in [0.15, 0.2) is 18.3 Å². The zero-order valence-corrected chi connectivity index (χ0v) is 13.3. The normalized spacial score (nSPS) is 16.7. The van der Waals surface area contributed by atoms with E-state index in [1.54, 1.807) is 6.07 Å². The van der Waals surface area contributed by atoms with Gasteiger partial charge >= 0.3 is 0 Å². The maximum atomic E-state index is 11.8. The molecule has 0 aromatic carbocycles. The second kappa shape index (κ2) is 7.01. The van der Waals surface area contributed by atoms with Crippen molar-refractivity contribution in [2.45, 2.75) is 32.2 Å². The van der Waals surface area contributed by atoms with Crippen LogP contribution in [-0.2, 0) is 10.0 Å².